The van der Waals surface area contributed by atoms with Crippen LogP contribution >= 0.6 is 11.6 Å². The fraction of sp³-hybridized carbons (Fsp3) is 0.148. The van der Waals surface area contributed by atoms with Gasteiger partial charge in [-0.05, 0) is 62.7 Å². The average molecular weight is 473 g/mol. The third kappa shape index (κ3) is 4.26. The minimum atomic E-state index is -1.10. The zero-order valence-corrected chi connectivity index (χ0v) is 19.5. The molecule has 0 bridgehead atoms. The third-order valence-electron chi connectivity index (χ3n) is 5.70. The van der Waals surface area contributed by atoms with E-state index >= 15 is 0 Å². The molecule has 0 saturated carbocycles. The first-order chi connectivity index (χ1) is 16.2. The molecule has 0 spiro atoms. The Bertz CT molecular complexity index is 1550. The lowest BCUT2D eigenvalue weighted by Gasteiger charge is -2.20. The zero-order valence-electron chi connectivity index (χ0n) is 18.8. The minimum Gasteiger partial charge on any atom is -0.478 e. The highest BCUT2D eigenvalue weighted by molar-refractivity contribution is 6.31. The van der Waals surface area contributed by atoms with E-state index in [-0.39, 0.29) is 11.0 Å². The van der Waals surface area contributed by atoms with Crippen molar-refractivity contribution >= 4 is 34.2 Å². The Hall–Kier alpha value is -4.08. The summed E-state index contributed by atoms with van der Waals surface area (Å²) in [5.41, 5.74) is 3.81. The first kappa shape index (κ1) is 23.1. The van der Waals surface area contributed by atoms with Gasteiger partial charge in [0.05, 0.1) is 28.6 Å². The lowest BCUT2D eigenvalue weighted by atomic mass is 9.98. The summed E-state index contributed by atoms with van der Waals surface area (Å²) in [7, 11) is 0. The van der Waals surface area contributed by atoms with Gasteiger partial charge in [-0.1, -0.05) is 29.8 Å². The maximum Gasteiger partial charge on any atom is 0.337 e. The molecular formula is C27H21ClN2O4. The van der Waals surface area contributed by atoms with Crippen molar-refractivity contribution in [3.63, 3.8) is 0 Å². The first-order valence-corrected chi connectivity index (χ1v) is 10.9. The van der Waals surface area contributed by atoms with Crippen molar-refractivity contribution in [2.45, 2.75) is 26.8 Å². The number of carboxylic acid groups (broad SMARTS) is 1. The number of anilines is 1. The second-order valence-electron chi connectivity index (χ2n) is 8.17. The largest absolute Gasteiger partial charge is 0.478 e. The summed E-state index contributed by atoms with van der Waals surface area (Å²) in [6, 6.07) is 16.9. The van der Waals surface area contributed by atoms with Crippen molar-refractivity contribution in [1.82, 2.24) is 0 Å². The van der Waals surface area contributed by atoms with E-state index < -0.39 is 12.0 Å². The molecule has 2 N–H and O–H groups in total. The molecule has 0 saturated heterocycles. The number of hydrogen-bond acceptors (Lipinski definition) is 5. The van der Waals surface area contributed by atoms with Gasteiger partial charge in [0.1, 0.15) is 11.3 Å². The molecule has 0 amide bonds. The summed E-state index contributed by atoms with van der Waals surface area (Å²) in [4.78, 5) is 25.0. The Kier molecular flexibility index (Phi) is 6.14. The Balaban J connectivity index is 1.90. The number of aryl methyl sites for hydroxylation is 1. The summed E-state index contributed by atoms with van der Waals surface area (Å²) < 4.78 is 6.31. The van der Waals surface area contributed by atoms with Crippen LogP contribution in [0.25, 0.3) is 22.3 Å². The van der Waals surface area contributed by atoms with Gasteiger partial charge in [0.15, 0.2) is 5.43 Å². The van der Waals surface area contributed by atoms with Crippen LogP contribution in [0.15, 0.2) is 63.8 Å². The van der Waals surface area contributed by atoms with Gasteiger partial charge in [-0.15, -0.1) is 0 Å². The van der Waals surface area contributed by atoms with Crippen molar-refractivity contribution in [2.75, 3.05) is 5.32 Å². The number of halogens is 1. The second-order valence-corrected chi connectivity index (χ2v) is 8.61. The molecule has 7 heteroatoms. The average Bonchev–Trinajstić information content (AvgIpc) is 2.82. The quantitative estimate of drug-likeness (QED) is 0.345. The highest BCUT2D eigenvalue weighted by Gasteiger charge is 2.20. The SMILES string of the molecule is Cc1cc(C(C)Nc2ccc(Cl)cc2C(=O)O)c2oc(-c3cccc(C#N)c3)c(C)c(=O)c2c1. The maximum atomic E-state index is 13.3. The first-order valence-electron chi connectivity index (χ1n) is 10.6. The lowest BCUT2D eigenvalue weighted by Crippen LogP contribution is -2.14. The molecule has 4 rings (SSSR count). The van der Waals surface area contributed by atoms with Crippen LogP contribution in [0.2, 0.25) is 5.02 Å². The van der Waals surface area contributed by atoms with Gasteiger partial charge in [-0.3, -0.25) is 4.79 Å². The summed E-state index contributed by atoms with van der Waals surface area (Å²) >= 11 is 5.98. The molecule has 1 unspecified atom stereocenters. The number of carbonyl (C=O) groups is 1. The van der Waals surface area contributed by atoms with Crippen LogP contribution in [0.4, 0.5) is 5.69 Å². The third-order valence-corrected chi connectivity index (χ3v) is 5.93. The molecule has 3 aromatic carbocycles. The lowest BCUT2D eigenvalue weighted by molar-refractivity contribution is 0.0698. The molecule has 0 aliphatic heterocycles. The van der Waals surface area contributed by atoms with Gasteiger partial charge < -0.3 is 14.8 Å². The Labute approximate surface area is 201 Å². The standard InChI is InChI=1S/C27H21ClN2O4/c1-14-9-20(16(3)30-23-8-7-19(28)12-21(23)27(32)33)26-22(10-14)24(31)15(2)25(34-26)18-6-4-5-17(11-18)13-29/h4-12,16,30H,1-3H3,(H,32,33). The van der Waals surface area contributed by atoms with Crippen LogP contribution in [-0.2, 0) is 0 Å². The number of nitrogens with zero attached hydrogens (tertiary/aromatic N) is 1. The molecule has 6 nitrogen and oxygen atoms in total. The minimum absolute atomic E-state index is 0.0441. The van der Waals surface area contributed by atoms with Crippen LogP contribution in [0.1, 0.15) is 45.6 Å². The predicted molar refractivity (Wildman–Crippen MR) is 133 cm³/mol. The zero-order chi connectivity index (χ0) is 24.6. The van der Waals surface area contributed by atoms with E-state index in [9.17, 15) is 20.0 Å². The van der Waals surface area contributed by atoms with E-state index in [1.807, 2.05) is 19.9 Å². The molecule has 1 heterocycles. The van der Waals surface area contributed by atoms with Gasteiger partial charge in [-0.2, -0.15) is 5.26 Å². The molecule has 34 heavy (non-hydrogen) atoms. The summed E-state index contributed by atoms with van der Waals surface area (Å²) in [6.07, 6.45) is 0. The number of nitrogens with one attached hydrogen (secondary N) is 1. The number of aromatic carboxylic acids is 1. The van der Waals surface area contributed by atoms with E-state index in [4.69, 9.17) is 16.0 Å². The second kappa shape index (κ2) is 9.05. The molecule has 4 aromatic rings. The van der Waals surface area contributed by atoms with E-state index in [1.54, 1.807) is 49.4 Å². The Morgan fingerprint density at radius 1 is 1.15 bits per heavy atom. The fourth-order valence-corrected chi connectivity index (χ4v) is 4.20. The number of nitriles is 1. The number of carboxylic acids is 1. The van der Waals surface area contributed by atoms with Crippen molar-refractivity contribution < 1.29 is 14.3 Å². The molecule has 170 valence electrons. The number of rotatable bonds is 5. The maximum absolute atomic E-state index is 13.3. The van der Waals surface area contributed by atoms with Crippen LogP contribution in [0.3, 0.4) is 0 Å². The molecule has 0 radical (unpaired) electrons. The van der Waals surface area contributed by atoms with Crippen LogP contribution in [0, 0.1) is 25.2 Å². The van der Waals surface area contributed by atoms with Crippen molar-refractivity contribution in [3.05, 3.63) is 97.7 Å². The van der Waals surface area contributed by atoms with Crippen molar-refractivity contribution in [3.8, 4) is 17.4 Å². The van der Waals surface area contributed by atoms with Crippen molar-refractivity contribution in [2.24, 2.45) is 0 Å². The molecule has 0 aliphatic rings. The number of hydrogen-bond donors (Lipinski definition) is 2. The van der Waals surface area contributed by atoms with Gasteiger partial charge in [0, 0.05) is 27.4 Å². The molecule has 0 aliphatic carbocycles. The Morgan fingerprint density at radius 3 is 2.62 bits per heavy atom. The predicted octanol–water partition coefficient (Wildman–Crippen LogP) is 6.47. The molecule has 1 atom stereocenters. The van der Waals surface area contributed by atoms with Gasteiger partial charge >= 0.3 is 5.97 Å². The topological polar surface area (TPSA) is 103 Å². The normalized spacial score (nSPS) is 11.7. The van der Waals surface area contributed by atoms with Crippen LogP contribution in [-0.4, -0.2) is 11.1 Å². The summed E-state index contributed by atoms with van der Waals surface area (Å²) in [5, 5.41) is 22.8. The number of benzene rings is 3. The molecule has 1 aromatic heterocycles. The van der Waals surface area contributed by atoms with Crippen LogP contribution < -0.4 is 10.7 Å². The summed E-state index contributed by atoms with van der Waals surface area (Å²) in [6.45, 7) is 5.46. The Morgan fingerprint density at radius 2 is 1.91 bits per heavy atom. The highest BCUT2D eigenvalue weighted by Crippen LogP contribution is 2.33. The molecule has 0 fully saturated rings. The smallest absolute Gasteiger partial charge is 0.337 e. The monoisotopic (exact) mass is 472 g/mol. The number of fused-ring (bicyclic) bond motifs is 1. The van der Waals surface area contributed by atoms with E-state index in [0.717, 1.165) is 5.56 Å². The fourth-order valence-electron chi connectivity index (χ4n) is 4.02. The van der Waals surface area contributed by atoms with Gasteiger partial charge in [0.2, 0.25) is 0 Å². The van der Waals surface area contributed by atoms with E-state index in [1.165, 1.54) is 6.07 Å². The van der Waals surface area contributed by atoms with E-state index in [0.29, 0.717) is 49.7 Å². The van der Waals surface area contributed by atoms with E-state index in [2.05, 4.69) is 11.4 Å². The van der Waals surface area contributed by atoms with Crippen molar-refractivity contribution in [1.29, 1.82) is 5.26 Å². The highest BCUT2D eigenvalue weighted by atomic mass is 35.5. The van der Waals surface area contributed by atoms with Crippen LogP contribution in [0.5, 0.6) is 0 Å². The van der Waals surface area contributed by atoms with Gasteiger partial charge in [0.25, 0.3) is 0 Å². The molecular weight excluding hydrogens is 452 g/mol. The summed E-state index contributed by atoms with van der Waals surface area (Å²) in [5.74, 6) is -0.710. The van der Waals surface area contributed by atoms with Gasteiger partial charge in [-0.25, -0.2) is 4.79 Å².